The Hall–Kier alpha value is -3.09. The van der Waals surface area contributed by atoms with E-state index in [-0.39, 0.29) is 28.1 Å². The van der Waals surface area contributed by atoms with Gasteiger partial charge in [0, 0.05) is 23.9 Å². The minimum Gasteiger partial charge on any atom is -0.476 e. The van der Waals surface area contributed by atoms with Crippen molar-refractivity contribution in [2.45, 2.75) is 36.0 Å². The van der Waals surface area contributed by atoms with Crippen LogP contribution in [0.15, 0.2) is 50.6 Å². The quantitative estimate of drug-likeness (QED) is 0.417. The monoisotopic (exact) mass is 473 g/mol. The molecule has 166 valence electrons. The minimum atomic E-state index is -3.84. The first-order valence-electron chi connectivity index (χ1n) is 9.79. The number of hydrogen-bond acceptors (Lipinski definition) is 9. The largest absolute Gasteiger partial charge is 0.476 e. The highest BCUT2D eigenvalue weighted by Gasteiger charge is 2.23. The first kappa shape index (κ1) is 20.8. The molecule has 1 aliphatic heterocycles. The number of rotatable bonds is 6. The molecule has 10 nitrogen and oxygen atoms in total. The SMILES string of the molecule is COC(C)c1nc(S(=O)(=O)c2ccc3c(=O)n(Cc4cc5n(n4)CCO5)ncc3c2)cs1. The highest BCUT2D eigenvalue weighted by molar-refractivity contribution is 7.91. The molecule has 4 heterocycles. The zero-order valence-corrected chi connectivity index (χ0v) is 18.9. The Morgan fingerprint density at radius 2 is 2.16 bits per heavy atom. The second-order valence-corrected chi connectivity index (χ2v) is 10.1. The summed E-state index contributed by atoms with van der Waals surface area (Å²) >= 11 is 1.22. The third kappa shape index (κ3) is 3.49. The third-order valence-corrected chi connectivity index (χ3v) is 8.06. The van der Waals surface area contributed by atoms with Gasteiger partial charge < -0.3 is 9.47 Å². The summed E-state index contributed by atoms with van der Waals surface area (Å²) in [6.07, 6.45) is 1.18. The van der Waals surface area contributed by atoms with Crippen molar-refractivity contribution in [3.63, 3.8) is 0 Å². The molecule has 0 spiro atoms. The number of benzene rings is 1. The zero-order chi connectivity index (χ0) is 22.5. The van der Waals surface area contributed by atoms with E-state index >= 15 is 0 Å². The fourth-order valence-corrected chi connectivity index (χ4v) is 5.85. The number of methoxy groups -OCH3 is 1. The van der Waals surface area contributed by atoms with Gasteiger partial charge >= 0.3 is 0 Å². The van der Waals surface area contributed by atoms with Crippen LogP contribution in [-0.2, 0) is 27.7 Å². The summed E-state index contributed by atoms with van der Waals surface area (Å²) in [5.41, 5.74) is 0.336. The first-order chi connectivity index (χ1) is 15.4. The van der Waals surface area contributed by atoms with E-state index in [1.54, 1.807) is 17.7 Å². The Morgan fingerprint density at radius 3 is 2.94 bits per heavy atom. The number of sulfone groups is 1. The van der Waals surface area contributed by atoms with Crippen LogP contribution in [0, 0.1) is 0 Å². The van der Waals surface area contributed by atoms with E-state index in [2.05, 4.69) is 15.2 Å². The van der Waals surface area contributed by atoms with Gasteiger partial charge in [-0.05, 0) is 25.1 Å². The molecule has 0 aliphatic carbocycles. The van der Waals surface area contributed by atoms with Gasteiger partial charge in [-0.2, -0.15) is 10.2 Å². The molecule has 5 rings (SSSR count). The van der Waals surface area contributed by atoms with E-state index in [4.69, 9.17) is 9.47 Å². The summed E-state index contributed by atoms with van der Waals surface area (Å²) in [6.45, 7) is 3.26. The van der Waals surface area contributed by atoms with Crippen molar-refractivity contribution in [3.05, 3.63) is 56.9 Å². The molecule has 12 heteroatoms. The summed E-state index contributed by atoms with van der Waals surface area (Å²) in [7, 11) is -2.30. The molecule has 0 fully saturated rings. The highest BCUT2D eigenvalue weighted by atomic mass is 32.2. The third-order valence-electron chi connectivity index (χ3n) is 5.27. The maximum Gasteiger partial charge on any atom is 0.274 e. The molecule has 0 bridgehead atoms. The fraction of sp³-hybridized carbons (Fsp3) is 0.300. The predicted octanol–water partition coefficient (Wildman–Crippen LogP) is 2.03. The number of thiazole rings is 1. The molecule has 0 saturated heterocycles. The minimum absolute atomic E-state index is 0.0444. The normalized spacial score (nSPS) is 14.4. The maximum atomic E-state index is 13.0. The van der Waals surface area contributed by atoms with Crippen LogP contribution >= 0.6 is 11.3 Å². The lowest BCUT2D eigenvalue weighted by Crippen LogP contribution is -2.23. The average Bonchev–Trinajstić information content (AvgIpc) is 3.51. The van der Waals surface area contributed by atoms with Crippen molar-refractivity contribution in [2.75, 3.05) is 13.7 Å². The van der Waals surface area contributed by atoms with Gasteiger partial charge in [-0.25, -0.2) is 22.8 Å². The lowest BCUT2D eigenvalue weighted by molar-refractivity contribution is 0.119. The molecule has 0 N–H and O–H groups in total. The van der Waals surface area contributed by atoms with E-state index in [0.717, 1.165) is 0 Å². The predicted molar refractivity (Wildman–Crippen MR) is 116 cm³/mol. The van der Waals surface area contributed by atoms with Gasteiger partial charge in [-0.3, -0.25) is 4.79 Å². The lowest BCUT2D eigenvalue weighted by Gasteiger charge is -2.07. The maximum absolute atomic E-state index is 13.0. The summed E-state index contributed by atoms with van der Waals surface area (Å²) in [4.78, 5) is 17.2. The van der Waals surface area contributed by atoms with E-state index in [9.17, 15) is 13.2 Å². The molecule has 1 atom stereocenters. The van der Waals surface area contributed by atoms with Crippen LogP contribution in [0.5, 0.6) is 5.88 Å². The zero-order valence-electron chi connectivity index (χ0n) is 17.3. The van der Waals surface area contributed by atoms with Crippen LogP contribution < -0.4 is 10.3 Å². The number of aromatic nitrogens is 5. The van der Waals surface area contributed by atoms with Crippen molar-refractivity contribution in [1.82, 2.24) is 24.5 Å². The van der Waals surface area contributed by atoms with E-state index in [1.165, 1.54) is 52.9 Å². The van der Waals surface area contributed by atoms with Crippen LogP contribution in [0.1, 0.15) is 23.7 Å². The van der Waals surface area contributed by atoms with Gasteiger partial charge in [-0.1, -0.05) is 0 Å². The second kappa shape index (κ2) is 7.80. The standard InChI is InChI=1S/C20H19N5O5S2/c1-12(29-2)19-22-17(11-31-19)32(27,28)15-3-4-16-13(7-15)9-21-25(20(16)26)10-14-8-18-24(23-14)5-6-30-18/h3-4,7-9,11-12H,5-6,10H2,1-2H3. The van der Waals surface area contributed by atoms with Gasteiger partial charge in [-0.15, -0.1) is 11.3 Å². The van der Waals surface area contributed by atoms with Crippen molar-refractivity contribution < 1.29 is 17.9 Å². The van der Waals surface area contributed by atoms with Crippen LogP contribution in [-0.4, -0.2) is 46.7 Å². The van der Waals surface area contributed by atoms with Crippen LogP contribution in [0.25, 0.3) is 10.8 Å². The number of nitrogens with zero attached hydrogens (tertiary/aromatic N) is 5. The molecule has 0 amide bonds. The summed E-state index contributed by atoms with van der Waals surface area (Å²) in [5, 5.41) is 11.4. The number of ether oxygens (including phenoxy) is 2. The molecule has 1 aromatic carbocycles. The molecule has 0 saturated carbocycles. The smallest absolute Gasteiger partial charge is 0.274 e. The molecule has 0 radical (unpaired) electrons. The summed E-state index contributed by atoms with van der Waals surface area (Å²) < 4.78 is 39.8. The highest BCUT2D eigenvalue weighted by Crippen LogP contribution is 2.28. The Morgan fingerprint density at radius 1 is 1.31 bits per heavy atom. The van der Waals surface area contributed by atoms with Gasteiger partial charge in [0.25, 0.3) is 5.56 Å². The summed E-state index contributed by atoms with van der Waals surface area (Å²) in [5.74, 6) is 0.675. The molecule has 32 heavy (non-hydrogen) atoms. The number of fused-ring (bicyclic) bond motifs is 2. The first-order valence-corrected chi connectivity index (χ1v) is 12.2. The Labute approximate surface area is 187 Å². The number of hydrogen-bond donors (Lipinski definition) is 0. The van der Waals surface area contributed by atoms with Crippen LogP contribution in [0.3, 0.4) is 0 Å². The Kier molecular flexibility index (Phi) is 5.07. The van der Waals surface area contributed by atoms with Crippen LogP contribution in [0.2, 0.25) is 0 Å². The molecule has 3 aromatic heterocycles. The van der Waals surface area contributed by atoms with Gasteiger partial charge in [0.2, 0.25) is 15.7 Å². The molecular weight excluding hydrogens is 454 g/mol. The van der Waals surface area contributed by atoms with Gasteiger partial charge in [0.05, 0.1) is 35.3 Å². The van der Waals surface area contributed by atoms with E-state index in [0.29, 0.717) is 40.5 Å². The van der Waals surface area contributed by atoms with Gasteiger partial charge in [0.1, 0.15) is 17.7 Å². The molecule has 4 aromatic rings. The topological polar surface area (TPSA) is 118 Å². The van der Waals surface area contributed by atoms with Crippen LogP contribution in [0.4, 0.5) is 0 Å². The Balaban J connectivity index is 1.47. The average molecular weight is 474 g/mol. The summed E-state index contributed by atoms with van der Waals surface area (Å²) in [6, 6.07) is 6.15. The van der Waals surface area contributed by atoms with E-state index < -0.39 is 9.84 Å². The lowest BCUT2D eigenvalue weighted by atomic mass is 10.2. The van der Waals surface area contributed by atoms with Crippen molar-refractivity contribution in [3.8, 4) is 5.88 Å². The molecule has 1 aliphatic rings. The van der Waals surface area contributed by atoms with Crippen molar-refractivity contribution in [1.29, 1.82) is 0 Å². The molecular formula is C20H19N5O5S2. The fourth-order valence-electron chi connectivity index (χ4n) is 3.44. The van der Waals surface area contributed by atoms with Gasteiger partial charge in [0.15, 0.2) is 5.03 Å². The molecule has 1 unspecified atom stereocenters. The van der Waals surface area contributed by atoms with Crippen molar-refractivity contribution >= 4 is 31.9 Å². The van der Waals surface area contributed by atoms with E-state index in [1.807, 2.05) is 0 Å². The second-order valence-electron chi connectivity index (χ2n) is 7.31. The van der Waals surface area contributed by atoms with Crippen molar-refractivity contribution in [2.24, 2.45) is 0 Å². The Bertz CT molecular complexity index is 1470.